The van der Waals surface area contributed by atoms with E-state index in [2.05, 4.69) is 11.4 Å². The summed E-state index contributed by atoms with van der Waals surface area (Å²) in [6.07, 6.45) is 2.03. The second-order valence-electron chi connectivity index (χ2n) is 10.3. The van der Waals surface area contributed by atoms with Gasteiger partial charge in [-0.25, -0.2) is 4.79 Å². The largest absolute Gasteiger partial charge is 0.493 e. The summed E-state index contributed by atoms with van der Waals surface area (Å²) in [5, 5.41) is 3.39. The minimum absolute atomic E-state index is 0.0430. The first-order valence-electron chi connectivity index (χ1n) is 13.0. The number of nitrogens with one attached hydrogen (secondary N) is 1. The molecule has 1 aliphatic heterocycles. The highest BCUT2D eigenvalue weighted by atomic mass is 16.5. The summed E-state index contributed by atoms with van der Waals surface area (Å²) >= 11 is 0. The van der Waals surface area contributed by atoms with E-state index in [1.54, 1.807) is 14.2 Å². The lowest BCUT2D eigenvalue weighted by Gasteiger charge is -2.40. The van der Waals surface area contributed by atoms with Gasteiger partial charge in [-0.15, -0.1) is 0 Å². The number of ketones is 1. The smallest absolute Gasteiger partial charge is 0.336 e. The number of fused-ring (bicyclic) bond motifs is 1. The Bertz CT molecular complexity index is 1270. The van der Waals surface area contributed by atoms with Crippen LogP contribution < -0.4 is 19.5 Å². The molecule has 2 aliphatic rings. The predicted molar refractivity (Wildman–Crippen MR) is 145 cm³/mol. The summed E-state index contributed by atoms with van der Waals surface area (Å²) in [6, 6.07) is 13.4. The van der Waals surface area contributed by atoms with E-state index in [1.807, 2.05) is 77.1 Å². The average molecular weight is 520 g/mol. The molecule has 202 valence electrons. The molecule has 2 aromatic rings. The molecule has 0 saturated carbocycles. The van der Waals surface area contributed by atoms with E-state index in [9.17, 15) is 9.59 Å². The van der Waals surface area contributed by atoms with Gasteiger partial charge in [0.25, 0.3) is 0 Å². The molecule has 0 saturated heterocycles. The Morgan fingerprint density at radius 2 is 1.63 bits per heavy atom. The SMILES string of the molecule is COc1ccc(C2C=C3NC(C)=C(C(=O)OC(C)C)C(c4ccccc4OC(C)C)C3C(=O)C2)cc1OC. The van der Waals surface area contributed by atoms with E-state index in [0.717, 1.165) is 16.8 Å². The zero-order valence-corrected chi connectivity index (χ0v) is 23.2. The summed E-state index contributed by atoms with van der Waals surface area (Å²) in [5.74, 6) is 0.261. The molecule has 0 aromatic heterocycles. The molecule has 7 heteroatoms. The fraction of sp³-hybridized carbons (Fsp3) is 0.419. The first-order valence-corrected chi connectivity index (χ1v) is 13.0. The number of ether oxygens (including phenoxy) is 4. The first-order chi connectivity index (χ1) is 18.1. The third-order valence-corrected chi connectivity index (χ3v) is 6.88. The van der Waals surface area contributed by atoms with Crippen LogP contribution in [0.5, 0.6) is 17.2 Å². The van der Waals surface area contributed by atoms with Crippen LogP contribution in [0.1, 0.15) is 64.0 Å². The lowest BCUT2D eigenvalue weighted by Crippen LogP contribution is -2.42. The summed E-state index contributed by atoms with van der Waals surface area (Å²) in [4.78, 5) is 27.4. The molecule has 1 N–H and O–H groups in total. The van der Waals surface area contributed by atoms with Crippen LogP contribution in [0.25, 0.3) is 0 Å². The van der Waals surface area contributed by atoms with Crippen molar-refractivity contribution in [2.45, 2.75) is 65.1 Å². The molecule has 1 aliphatic carbocycles. The van der Waals surface area contributed by atoms with Gasteiger partial charge < -0.3 is 24.3 Å². The number of hydrogen-bond acceptors (Lipinski definition) is 7. The van der Waals surface area contributed by atoms with Gasteiger partial charge in [0.05, 0.1) is 37.9 Å². The zero-order chi connectivity index (χ0) is 27.6. The standard InChI is InChI=1S/C31H37NO6/c1-17(2)37-25-11-9-8-10-22(25)29-28(31(34)38-18(3)4)19(5)32-23-14-21(15-24(33)30(23)29)20-12-13-26(35-6)27(16-20)36-7/h8-14,16-18,21,29-30,32H,15H2,1-7H3. The van der Waals surface area contributed by atoms with E-state index in [1.165, 1.54) is 0 Å². The van der Waals surface area contributed by atoms with Crippen LogP contribution >= 0.6 is 0 Å². The van der Waals surface area contributed by atoms with Gasteiger partial charge in [-0.2, -0.15) is 0 Å². The van der Waals surface area contributed by atoms with Crippen molar-refractivity contribution < 1.29 is 28.5 Å². The normalized spacial score (nSPS) is 21.0. The highest BCUT2D eigenvalue weighted by Crippen LogP contribution is 2.48. The number of para-hydroxylation sites is 1. The molecule has 3 unspecified atom stereocenters. The second-order valence-corrected chi connectivity index (χ2v) is 10.3. The number of hydrogen-bond donors (Lipinski definition) is 1. The number of carbonyl (C=O) groups excluding carboxylic acids is 2. The van der Waals surface area contributed by atoms with Crippen molar-refractivity contribution in [1.82, 2.24) is 5.32 Å². The fourth-order valence-corrected chi connectivity index (χ4v) is 5.35. The minimum atomic E-state index is -0.568. The Kier molecular flexibility index (Phi) is 8.14. The monoisotopic (exact) mass is 519 g/mol. The van der Waals surface area contributed by atoms with Crippen molar-refractivity contribution in [1.29, 1.82) is 0 Å². The van der Waals surface area contributed by atoms with Crippen molar-refractivity contribution in [2.75, 3.05) is 14.2 Å². The number of benzene rings is 2. The molecular weight excluding hydrogens is 482 g/mol. The number of rotatable bonds is 8. The Hall–Kier alpha value is -3.74. The number of allylic oxidation sites excluding steroid dienone is 3. The Labute approximate surface area is 224 Å². The van der Waals surface area contributed by atoms with Gasteiger partial charge in [0.2, 0.25) is 0 Å². The predicted octanol–water partition coefficient (Wildman–Crippen LogP) is 5.66. The maximum Gasteiger partial charge on any atom is 0.336 e. The van der Waals surface area contributed by atoms with Gasteiger partial charge in [-0.3, -0.25) is 4.79 Å². The van der Waals surface area contributed by atoms with Crippen molar-refractivity contribution >= 4 is 11.8 Å². The van der Waals surface area contributed by atoms with Crippen LogP contribution in [-0.2, 0) is 14.3 Å². The summed E-state index contributed by atoms with van der Waals surface area (Å²) < 4.78 is 22.7. The van der Waals surface area contributed by atoms with Crippen molar-refractivity contribution in [2.24, 2.45) is 5.92 Å². The van der Waals surface area contributed by atoms with Crippen LogP contribution in [0.3, 0.4) is 0 Å². The maximum absolute atomic E-state index is 14.0. The molecule has 0 radical (unpaired) electrons. The first kappa shape index (κ1) is 27.3. The maximum atomic E-state index is 14.0. The van der Waals surface area contributed by atoms with E-state index < -0.39 is 17.8 Å². The van der Waals surface area contributed by atoms with Gasteiger partial charge in [0.1, 0.15) is 11.5 Å². The Balaban J connectivity index is 1.84. The van der Waals surface area contributed by atoms with Gasteiger partial charge in [0, 0.05) is 35.2 Å². The van der Waals surface area contributed by atoms with Crippen LogP contribution in [0.4, 0.5) is 0 Å². The summed E-state index contributed by atoms with van der Waals surface area (Å²) in [6.45, 7) is 9.41. The zero-order valence-electron chi connectivity index (χ0n) is 23.2. The molecule has 0 bridgehead atoms. The average Bonchev–Trinajstić information content (AvgIpc) is 2.86. The van der Waals surface area contributed by atoms with E-state index >= 15 is 0 Å². The van der Waals surface area contributed by atoms with Crippen molar-refractivity contribution in [3.8, 4) is 17.2 Å². The lowest BCUT2D eigenvalue weighted by molar-refractivity contribution is -0.143. The fourth-order valence-electron chi connectivity index (χ4n) is 5.35. The molecule has 0 spiro atoms. The molecule has 1 heterocycles. The van der Waals surface area contributed by atoms with Crippen LogP contribution in [-0.4, -0.2) is 38.2 Å². The van der Waals surface area contributed by atoms with Gasteiger partial charge in [0.15, 0.2) is 11.5 Å². The molecule has 7 nitrogen and oxygen atoms in total. The quantitative estimate of drug-likeness (QED) is 0.451. The Morgan fingerprint density at radius 1 is 0.921 bits per heavy atom. The van der Waals surface area contributed by atoms with Gasteiger partial charge in [-0.1, -0.05) is 30.3 Å². The van der Waals surface area contributed by atoms with E-state index in [-0.39, 0.29) is 23.9 Å². The lowest BCUT2D eigenvalue weighted by atomic mass is 9.68. The molecule has 0 amide bonds. The van der Waals surface area contributed by atoms with Crippen molar-refractivity contribution in [3.05, 3.63) is 76.6 Å². The highest BCUT2D eigenvalue weighted by Gasteiger charge is 2.46. The number of carbonyl (C=O) groups is 2. The number of Topliss-reactive ketones (excluding diaryl/α,β-unsaturated/α-hetero) is 1. The summed E-state index contributed by atoms with van der Waals surface area (Å²) in [5.41, 5.74) is 3.66. The topological polar surface area (TPSA) is 83.1 Å². The van der Waals surface area contributed by atoms with Gasteiger partial charge in [-0.05, 0) is 58.4 Å². The second kappa shape index (κ2) is 11.3. The van der Waals surface area contributed by atoms with Crippen LogP contribution in [0, 0.1) is 5.92 Å². The van der Waals surface area contributed by atoms with Gasteiger partial charge >= 0.3 is 5.97 Å². The molecule has 38 heavy (non-hydrogen) atoms. The molecule has 2 aromatic carbocycles. The minimum Gasteiger partial charge on any atom is -0.493 e. The van der Waals surface area contributed by atoms with E-state index in [4.69, 9.17) is 18.9 Å². The third-order valence-electron chi connectivity index (χ3n) is 6.88. The summed E-state index contributed by atoms with van der Waals surface area (Å²) in [7, 11) is 3.19. The molecule has 0 fully saturated rings. The van der Waals surface area contributed by atoms with E-state index in [0.29, 0.717) is 34.9 Å². The van der Waals surface area contributed by atoms with Crippen LogP contribution in [0.2, 0.25) is 0 Å². The third kappa shape index (κ3) is 5.42. The van der Waals surface area contributed by atoms with Crippen LogP contribution in [0.15, 0.2) is 65.5 Å². The number of methoxy groups -OCH3 is 2. The highest BCUT2D eigenvalue weighted by molar-refractivity contribution is 5.96. The molecule has 4 rings (SSSR count). The molecular formula is C31H37NO6. The van der Waals surface area contributed by atoms with Crippen molar-refractivity contribution in [3.63, 3.8) is 0 Å². The molecule has 3 atom stereocenters. The Morgan fingerprint density at radius 3 is 2.29 bits per heavy atom. The number of esters is 1.